The summed E-state index contributed by atoms with van der Waals surface area (Å²) in [4.78, 5) is 19.0. The number of nitrogens with one attached hydrogen (secondary N) is 2. The number of carbonyl (C=O) groups is 1. The summed E-state index contributed by atoms with van der Waals surface area (Å²) in [6, 6.07) is 12.2. The van der Waals surface area contributed by atoms with Crippen LogP contribution in [0.3, 0.4) is 0 Å². The highest BCUT2D eigenvalue weighted by atomic mass is 16.3. The summed E-state index contributed by atoms with van der Waals surface area (Å²) < 4.78 is 5.67. The van der Waals surface area contributed by atoms with Gasteiger partial charge in [0.2, 0.25) is 5.91 Å². The average molecular weight is 383 g/mol. The lowest BCUT2D eigenvalue weighted by molar-refractivity contribution is -0.131. The Balaban J connectivity index is 1.45. The number of rotatable bonds is 7. The summed E-state index contributed by atoms with van der Waals surface area (Å²) in [5.74, 6) is 2.72. The number of amides is 1. The number of hydrogen-bond donors (Lipinski definition) is 2. The molecule has 0 aliphatic carbocycles. The quantitative estimate of drug-likeness (QED) is 0.437. The monoisotopic (exact) mass is 382 g/mol. The van der Waals surface area contributed by atoms with Crippen molar-refractivity contribution in [1.82, 2.24) is 15.5 Å². The van der Waals surface area contributed by atoms with Crippen LogP contribution in [0.25, 0.3) is 0 Å². The zero-order chi connectivity index (χ0) is 19.9. The molecule has 1 aromatic carbocycles. The first-order chi connectivity index (χ1) is 13.6. The van der Waals surface area contributed by atoms with Gasteiger partial charge in [0.1, 0.15) is 11.5 Å². The highest BCUT2D eigenvalue weighted by Crippen LogP contribution is 2.23. The minimum Gasteiger partial charge on any atom is -0.464 e. The minimum absolute atomic E-state index is 0.0243. The number of guanidine groups is 1. The first kappa shape index (κ1) is 20.0. The van der Waals surface area contributed by atoms with Crippen LogP contribution in [0.2, 0.25) is 0 Å². The average Bonchev–Trinajstić information content (AvgIpc) is 3.31. The van der Waals surface area contributed by atoms with E-state index < -0.39 is 0 Å². The Morgan fingerprint density at radius 1 is 1.21 bits per heavy atom. The Kier molecular flexibility index (Phi) is 6.74. The maximum atomic E-state index is 12.5. The van der Waals surface area contributed by atoms with Crippen LogP contribution in [0.15, 0.2) is 45.8 Å². The molecule has 28 heavy (non-hydrogen) atoms. The van der Waals surface area contributed by atoms with Crippen LogP contribution in [-0.2, 0) is 17.9 Å². The van der Waals surface area contributed by atoms with Gasteiger partial charge in [-0.15, -0.1) is 0 Å². The topological polar surface area (TPSA) is 69.9 Å². The third kappa shape index (κ3) is 5.15. The number of benzene rings is 1. The Morgan fingerprint density at radius 2 is 1.93 bits per heavy atom. The predicted octanol–water partition coefficient (Wildman–Crippen LogP) is 3.53. The third-order valence-corrected chi connectivity index (χ3v) is 4.90. The van der Waals surface area contributed by atoms with Gasteiger partial charge in [-0.05, 0) is 50.5 Å². The number of carbonyl (C=O) groups excluding carboxylic acids is 1. The van der Waals surface area contributed by atoms with E-state index in [1.165, 1.54) is 11.1 Å². The lowest BCUT2D eigenvalue weighted by Gasteiger charge is -2.17. The highest BCUT2D eigenvalue weighted by Gasteiger charge is 2.22. The van der Waals surface area contributed by atoms with Crippen LogP contribution in [0, 0.1) is 6.92 Å². The molecule has 0 saturated carbocycles. The van der Waals surface area contributed by atoms with Gasteiger partial charge in [0, 0.05) is 32.6 Å². The summed E-state index contributed by atoms with van der Waals surface area (Å²) in [7, 11) is 0. The molecule has 1 aliphatic heterocycles. The van der Waals surface area contributed by atoms with E-state index in [1.807, 2.05) is 49.9 Å². The van der Waals surface area contributed by atoms with Crippen molar-refractivity contribution in [3.8, 4) is 0 Å². The molecular weight excluding hydrogens is 352 g/mol. The maximum Gasteiger partial charge on any atom is 0.223 e. The fourth-order valence-corrected chi connectivity index (χ4v) is 3.37. The van der Waals surface area contributed by atoms with Gasteiger partial charge in [-0.25, -0.2) is 0 Å². The van der Waals surface area contributed by atoms with Crippen LogP contribution in [-0.4, -0.2) is 29.9 Å². The van der Waals surface area contributed by atoms with Gasteiger partial charge in [0.05, 0.1) is 6.04 Å². The summed E-state index contributed by atoms with van der Waals surface area (Å²) in [6.07, 6.45) is 1.25. The molecule has 0 bridgehead atoms. The number of aryl methyl sites for hydroxylation is 1. The van der Waals surface area contributed by atoms with Crippen molar-refractivity contribution in [3.05, 3.63) is 59.0 Å². The molecule has 1 amide bonds. The van der Waals surface area contributed by atoms with Gasteiger partial charge in [0.25, 0.3) is 0 Å². The number of aliphatic imine (C=N–C) groups is 1. The lowest BCUT2D eigenvalue weighted by Crippen LogP contribution is -2.38. The molecule has 1 aliphatic rings. The van der Waals surface area contributed by atoms with E-state index in [4.69, 9.17) is 4.42 Å². The van der Waals surface area contributed by atoms with Crippen molar-refractivity contribution in [2.24, 2.45) is 4.99 Å². The highest BCUT2D eigenvalue weighted by molar-refractivity contribution is 5.80. The van der Waals surface area contributed by atoms with Crippen molar-refractivity contribution in [2.45, 2.75) is 52.7 Å². The second-order valence-corrected chi connectivity index (χ2v) is 7.20. The molecule has 150 valence electrons. The van der Waals surface area contributed by atoms with E-state index in [0.717, 1.165) is 43.5 Å². The Labute approximate surface area is 167 Å². The molecule has 2 heterocycles. The van der Waals surface area contributed by atoms with Gasteiger partial charge < -0.3 is 20.0 Å². The van der Waals surface area contributed by atoms with E-state index in [1.54, 1.807) is 0 Å². The number of hydrogen-bond acceptors (Lipinski definition) is 3. The van der Waals surface area contributed by atoms with Crippen LogP contribution in [0.5, 0.6) is 0 Å². The van der Waals surface area contributed by atoms with Crippen LogP contribution >= 0.6 is 0 Å². The van der Waals surface area contributed by atoms with Crippen molar-refractivity contribution in [3.63, 3.8) is 0 Å². The van der Waals surface area contributed by atoms with Gasteiger partial charge in [-0.2, -0.15) is 0 Å². The first-order valence-electron chi connectivity index (χ1n) is 10.0. The maximum absolute atomic E-state index is 12.5. The third-order valence-electron chi connectivity index (χ3n) is 4.90. The Hall–Kier alpha value is -2.76. The van der Waals surface area contributed by atoms with Gasteiger partial charge in [-0.1, -0.05) is 24.3 Å². The minimum atomic E-state index is 0.0243. The predicted molar refractivity (Wildman–Crippen MR) is 111 cm³/mol. The van der Waals surface area contributed by atoms with Gasteiger partial charge in [-0.3, -0.25) is 9.79 Å². The zero-order valence-corrected chi connectivity index (χ0v) is 17.0. The molecule has 0 fully saturated rings. The molecule has 6 nitrogen and oxygen atoms in total. The SMILES string of the molecule is CCNC(=NCCCC(=O)N1Cc2ccccc2C1)NC(C)c1ccc(C)o1. The van der Waals surface area contributed by atoms with Crippen LogP contribution < -0.4 is 10.6 Å². The zero-order valence-electron chi connectivity index (χ0n) is 17.0. The number of nitrogens with zero attached hydrogens (tertiary/aromatic N) is 2. The molecule has 1 unspecified atom stereocenters. The fraction of sp³-hybridized carbons (Fsp3) is 0.455. The van der Waals surface area contributed by atoms with Gasteiger partial charge >= 0.3 is 0 Å². The second kappa shape index (κ2) is 9.44. The first-order valence-corrected chi connectivity index (χ1v) is 10.0. The van der Waals surface area contributed by atoms with E-state index in [0.29, 0.717) is 13.0 Å². The van der Waals surface area contributed by atoms with Gasteiger partial charge in [0.15, 0.2) is 5.96 Å². The summed E-state index contributed by atoms with van der Waals surface area (Å²) in [5.41, 5.74) is 2.52. The molecule has 1 atom stereocenters. The standard InChI is InChI=1S/C22H30N4O2/c1-4-23-22(25-17(3)20-12-11-16(2)28-20)24-13-7-10-21(27)26-14-18-8-5-6-9-19(18)15-26/h5-6,8-9,11-12,17H,4,7,10,13-15H2,1-3H3,(H2,23,24,25). The smallest absolute Gasteiger partial charge is 0.223 e. The van der Waals surface area contributed by atoms with E-state index in [2.05, 4.69) is 27.8 Å². The largest absolute Gasteiger partial charge is 0.464 e. The molecular formula is C22H30N4O2. The summed E-state index contributed by atoms with van der Waals surface area (Å²) in [5, 5.41) is 6.60. The molecule has 6 heteroatoms. The van der Waals surface area contributed by atoms with Crippen molar-refractivity contribution < 1.29 is 9.21 Å². The number of furan rings is 1. The normalized spacial score (nSPS) is 14.7. The molecule has 3 rings (SSSR count). The Morgan fingerprint density at radius 3 is 2.54 bits per heavy atom. The second-order valence-electron chi connectivity index (χ2n) is 7.20. The van der Waals surface area contributed by atoms with E-state index in [9.17, 15) is 4.79 Å². The number of fused-ring (bicyclic) bond motifs is 1. The molecule has 0 radical (unpaired) electrons. The molecule has 1 aromatic heterocycles. The fourth-order valence-electron chi connectivity index (χ4n) is 3.37. The van der Waals surface area contributed by atoms with E-state index >= 15 is 0 Å². The molecule has 2 aromatic rings. The van der Waals surface area contributed by atoms with Crippen LogP contribution in [0.4, 0.5) is 0 Å². The van der Waals surface area contributed by atoms with Crippen molar-refractivity contribution in [1.29, 1.82) is 0 Å². The Bertz CT molecular complexity index is 802. The molecule has 0 saturated heterocycles. The lowest BCUT2D eigenvalue weighted by atomic mass is 10.1. The van der Waals surface area contributed by atoms with Crippen molar-refractivity contribution >= 4 is 11.9 Å². The molecule has 2 N–H and O–H groups in total. The van der Waals surface area contributed by atoms with Crippen molar-refractivity contribution in [2.75, 3.05) is 13.1 Å². The van der Waals surface area contributed by atoms with Crippen LogP contribution in [0.1, 0.15) is 55.4 Å². The summed E-state index contributed by atoms with van der Waals surface area (Å²) in [6.45, 7) is 8.84. The van der Waals surface area contributed by atoms with E-state index in [-0.39, 0.29) is 11.9 Å². The molecule has 0 spiro atoms. The summed E-state index contributed by atoms with van der Waals surface area (Å²) >= 11 is 0.